The van der Waals surface area contributed by atoms with Crippen LogP contribution < -0.4 is 10.5 Å². The van der Waals surface area contributed by atoms with Crippen LogP contribution in [0, 0.1) is 0 Å². The molecule has 1 aromatic heterocycles. The zero-order valence-electron chi connectivity index (χ0n) is 11.0. The highest BCUT2D eigenvalue weighted by Crippen LogP contribution is 2.24. The fraction of sp³-hybridized carbons (Fsp3) is 0.231. The summed E-state index contributed by atoms with van der Waals surface area (Å²) in [5.74, 6) is 0.721. The number of nitrogens with zero attached hydrogens (tertiary/aromatic N) is 1. The van der Waals surface area contributed by atoms with Gasteiger partial charge in [0.1, 0.15) is 16.6 Å². The van der Waals surface area contributed by atoms with Gasteiger partial charge in [0.25, 0.3) is 10.0 Å². The van der Waals surface area contributed by atoms with Crippen molar-refractivity contribution in [3.63, 3.8) is 0 Å². The van der Waals surface area contributed by atoms with E-state index >= 15 is 0 Å². The number of thiophene rings is 1. The maximum atomic E-state index is 12.2. The van der Waals surface area contributed by atoms with Gasteiger partial charge >= 0.3 is 0 Å². The molecule has 0 aliphatic heterocycles. The minimum absolute atomic E-state index is 0.247. The predicted octanol–water partition coefficient (Wildman–Crippen LogP) is 2.03. The molecule has 1 heterocycles. The van der Waals surface area contributed by atoms with E-state index in [9.17, 15) is 8.42 Å². The summed E-state index contributed by atoms with van der Waals surface area (Å²) in [6, 6.07) is 10.7. The topological polar surface area (TPSA) is 72.6 Å². The van der Waals surface area contributed by atoms with Crippen molar-refractivity contribution in [3.8, 4) is 5.75 Å². The predicted molar refractivity (Wildman–Crippen MR) is 80.5 cm³/mol. The standard InChI is InChI=1S/C13H16N2O3S2/c1-15(7-8-18-12-5-3-2-4-6-12)20(16,17)13-9-11(14)10-19-13/h2-6,9-10H,7-8,14H2,1H3. The first kappa shape index (κ1) is 14.8. The highest BCUT2D eigenvalue weighted by atomic mass is 32.2. The van der Waals surface area contributed by atoms with Gasteiger partial charge in [0.2, 0.25) is 0 Å². The molecule has 0 spiro atoms. The molecule has 5 nitrogen and oxygen atoms in total. The van der Waals surface area contributed by atoms with Gasteiger partial charge in [0.15, 0.2) is 0 Å². The monoisotopic (exact) mass is 312 g/mol. The maximum Gasteiger partial charge on any atom is 0.252 e. The molecule has 2 aromatic rings. The van der Waals surface area contributed by atoms with Gasteiger partial charge in [-0.15, -0.1) is 11.3 Å². The number of hydrogen-bond acceptors (Lipinski definition) is 5. The van der Waals surface area contributed by atoms with Crippen LogP contribution in [0.5, 0.6) is 5.75 Å². The number of benzene rings is 1. The Morgan fingerprint density at radius 1 is 1.30 bits per heavy atom. The average molecular weight is 312 g/mol. The zero-order valence-corrected chi connectivity index (χ0v) is 12.7. The van der Waals surface area contributed by atoms with Gasteiger partial charge in [0, 0.05) is 24.7 Å². The summed E-state index contributed by atoms with van der Waals surface area (Å²) in [6.45, 7) is 0.565. The Labute approximate surface area is 122 Å². The second-order valence-electron chi connectivity index (χ2n) is 4.19. The molecule has 2 N–H and O–H groups in total. The Balaban J connectivity index is 1.93. The van der Waals surface area contributed by atoms with E-state index in [0.29, 0.717) is 12.3 Å². The molecule has 0 saturated carbocycles. The second kappa shape index (κ2) is 6.25. The Bertz CT molecular complexity index is 653. The first-order valence-corrected chi connectivity index (χ1v) is 8.30. The Morgan fingerprint density at radius 3 is 2.60 bits per heavy atom. The molecule has 20 heavy (non-hydrogen) atoms. The van der Waals surface area contributed by atoms with E-state index in [1.165, 1.54) is 17.4 Å². The van der Waals surface area contributed by atoms with E-state index in [0.717, 1.165) is 17.1 Å². The molecule has 1 aromatic carbocycles. The minimum atomic E-state index is -3.48. The summed E-state index contributed by atoms with van der Waals surface area (Å²) in [5, 5.41) is 1.61. The first-order chi connectivity index (χ1) is 9.50. The molecule has 0 atom stereocenters. The third kappa shape index (κ3) is 3.50. The lowest BCUT2D eigenvalue weighted by Gasteiger charge is -2.16. The van der Waals surface area contributed by atoms with Crippen LogP contribution in [0.2, 0.25) is 0 Å². The number of nitrogens with two attached hydrogens (primary N) is 1. The van der Waals surface area contributed by atoms with Gasteiger partial charge in [0.05, 0.1) is 0 Å². The van der Waals surface area contributed by atoms with Crippen LogP contribution in [0.4, 0.5) is 5.69 Å². The van der Waals surface area contributed by atoms with Crippen molar-refractivity contribution in [1.29, 1.82) is 0 Å². The van der Waals surface area contributed by atoms with Gasteiger partial charge in [-0.3, -0.25) is 0 Å². The number of anilines is 1. The van der Waals surface area contributed by atoms with Crippen LogP contribution in [-0.2, 0) is 10.0 Å². The molecule has 0 aliphatic rings. The van der Waals surface area contributed by atoms with Crippen molar-refractivity contribution < 1.29 is 13.2 Å². The summed E-state index contributed by atoms with van der Waals surface area (Å²) >= 11 is 1.12. The van der Waals surface area contributed by atoms with E-state index in [1.54, 1.807) is 5.38 Å². The van der Waals surface area contributed by atoms with E-state index < -0.39 is 10.0 Å². The normalized spacial score (nSPS) is 11.7. The fourth-order valence-electron chi connectivity index (χ4n) is 1.55. The first-order valence-electron chi connectivity index (χ1n) is 5.98. The molecular formula is C13H16N2O3S2. The average Bonchev–Trinajstić information content (AvgIpc) is 2.87. The summed E-state index contributed by atoms with van der Waals surface area (Å²) in [4.78, 5) is 0. The van der Waals surface area contributed by atoms with Crippen molar-refractivity contribution in [2.45, 2.75) is 4.21 Å². The molecule has 7 heteroatoms. The smallest absolute Gasteiger partial charge is 0.252 e. The molecule has 0 aliphatic carbocycles. The van der Waals surface area contributed by atoms with E-state index in [1.807, 2.05) is 30.3 Å². The fourth-order valence-corrected chi connectivity index (χ4v) is 3.99. The third-order valence-corrected chi connectivity index (χ3v) is 5.97. The molecule has 0 fully saturated rings. The number of hydrogen-bond donors (Lipinski definition) is 1. The summed E-state index contributed by atoms with van der Waals surface area (Å²) in [5.41, 5.74) is 6.01. The van der Waals surface area contributed by atoms with Crippen LogP contribution >= 0.6 is 11.3 Å². The van der Waals surface area contributed by atoms with Gasteiger partial charge in [-0.25, -0.2) is 8.42 Å². The third-order valence-electron chi connectivity index (χ3n) is 2.68. The molecular weight excluding hydrogens is 296 g/mol. The number of likely N-dealkylation sites (N-methyl/N-ethyl adjacent to an activating group) is 1. The number of sulfonamides is 1. The number of nitrogen functional groups attached to an aromatic ring is 1. The lowest BCUT2D eigenvalue weighted by Crippen LogP contribution is -2.30. The van der Waals surface area contributed by atoms with Crippen LogP contribution in [0.1, 0.15) is 0 Å². The number of rotatable bonds is 6. The molecule has 0 amide bonds. The van der Waals surface area contributed by atoms with Crippen molar-refractivity contribution in [1.82, 2.24) is 4.31 Å². The zero-order chi connectivity index (χ0) is 14.6. The molecule has 2 rings (SSSR count). The Morgan fingerprint density at radius 2 is 2.00 bits per heavy atom. The largest absolute Gasteiger partial charge is 0.492 e. The van der Waals surface area contributed by atoms with Gasteiger partial charge < -0.3 is 10.5 Å². The van der Waals surface area contributed by atoms with Crippen LogP contribution in [0.3, 0.4) is 0 Å². The van der Waals surface area contributed by atoms with Gasteiger partial charge in [-0.05, 0) is 18.2 Å². The number of para-hydroxylation sites is 1. The van der Waals surface area contributed by atoms with E-state index in [2.05, 4.69) is 0 Å². The summed E-state index contributed by atoms with van der Waals surface area (Å²) in [6.07, 6.45) is 0. The van der Waals surface area contributed by atoms with Crippen LogP contribution in [0.25, 0.3) is 0 Å². The Kier molecular flexibility index (Phi) is 4.64. The van der Waals surface area contributed by atoms with Crippen LogP contribution in [0.15, 0.2) is 46.0 Å². The van der Waals surface area contributed by atoms with Crippen LogP contribution in [-0.4, -0.2) is 32.9 Å². The van der Waals surface area contributed by atoms with Crippen molar-refractivity contribution in [3.05, 3.63) is 41.8 Å². The highest BCUT2D eigenvalue weighted by molar-refractivity contribution is 7.91. The molecule has 0 radical (unpaired) electrons. The minimum Gasteiger partial charge on any atom is -0.492 e. The lowest BCUT2D eigenvalue weighted by atomic mass is 10.3. The summed E-state index contributed by atoms with van der Waals surface area (Å²) in [7, 11) is -1.95. The SMILES string of the molecule is CN(CCOc1ccccc1)S(=O)(=O)c1cc(N)cs1. The molecule has 108 valence electrons. The number of ether oxygens (including phenoxy) is 1. The van der Waals surface area contributed by atoms with E-state index in [4.69, 9.17) is 10.5 Å². The van der Waals surface area contributed by atoms with Gasteiger partial charge in [-0.1, -0.05) is 18.2 Å². The molecule has 0 saturated heterocycles. The second-order valence-corrected chi connectivity index (χ2v) is 7.37. The van der Waals surface area contributed by atoms with E-state index in [-0.39, 0.29) is 10.8 Å². The van der Waals surface area contributed by atoms with Gasteiger partial charge in [-0.2, -0.15) is 4.31 Å². The molecule has 0 bridgehead atoms. The Hall–Kier alpha value is -1.57. The quantitative estimate of drug-likeness (QED) is 0.886. The highest BCUT2D eigenvalue weighted by Gasteiger charge is 2.22. The van der Waals surface area contributed by atoms with Crippen molar-refractivity contribution in [2.24, 2.45) is 0 Å². The van der Waals surface area contributed by atoms with Crippen molar-refractivity contribution in [2.75, 3.05) is 25.9 Å². The maximum absolute atomic E-state index is 12.2. The van der Waals surface area contributed by atoms with Crippen molar-refractivity contribution >= 4 is 27.0 Å². The summed E-state index contributed by atoms with van der Waals surface area (Å²) < 4.78 is 31.4. The molecule has 0 unspecified atom stereocenters. The lowest BCUT2D eigenvalue weighted by molar-refractivity contribution is 0.287.